The summed E-state index contributed by atoms with van der Waals surface area (Å²) in [5.74, 6) is 0.370. The van der Waals surface area contributed by atoms with Crippen molar-refractivity contribution in [3.05, 3.63) is 90.0 Å². The van der Waals surface area contributed by atoms with Gasteiger partial charge in [0.1, 0.15) is 18.0 Å². The molecule has 0 aliphatic heterocycles. The van der Waals surface area contributed by atoms with Crippen molar-refractivity contribution in [3.8, 4) is 0 Å². The van der Waals surface area contributed by atoms with Crippen molar-refractivity contribution in [2.75, 3.05) is 0 Å². The molecule has 1 heterocycles. The Balaban J connectivity index is 1.78. The molecule has 1 amide bonds. The van der Waals surface area contributed by atoms with E-state index in [1.165, 1.54) is 17.0 Å². The molecule has 1 aromatic heterocycles. The summed E-state index contributed by atoms with van der Waals surface area (Å²) in [7, 11) is 0. The molecule has 0 saturated heterocycles. The molecular weight excluding hydrogens is 394 g/mol. The fourth-order valence-corrected chi connectivity index (χ4v) is 3.00. The Bertz CT molecular complexity index is 994. The van der Waals surface area contributed by atoms with Crippen LogP contribution in [0.4, 0.5) is 9.59 Å². The van der Waals surface area contributed by atoms with Crippen molar-refractivity contribution in [1.29, 1.82) is 0 Å². The lowest BCUT2D eigenvalue weighted by Gasteiger charge is -2.22. The number of carbonyl (C=O) groups excluding carboxylic acids is 2. The van der Waals surface area contributed by atoms with Gasteiger partial charge in [0.15, 0.2) is 0 Å². The highest BCUT2D eigenvalue weighted by molar-refractivity contribution is 5.72. The Morgan fingerprint density at radius 2 is 1.61 bits per heavy atom. The number of carbonyl (C=O) groups is 2. The molecule has 0 saturated carbocycles. The van der Waals surface area contributed by atoms with Gasteiger partial charge in [-0.1, -0.05) is 60.7 Å². The molecule has 0 aliphatic carbocycles. The van der Waals surface area contributed by atoms with Gasteiger partial charge in [-0.3, -0.25) is 0 Å². The highest BCUT2D eigenvalue weighted by Gasteiger charge is 2.26. The van der Waals surface area contributed by atoms with Gasteiger partial charge in [-0.2, -0.15) is 0 Å². The van der Waals surface area contributed by atoms with Gasteiger partial charge in [-0.25, -0.2) is 19.1 Å². The molecule has 1 N–H and O–H groups in total. The van der Waals surface area contributed by atoms with Crippen LogP contribution in [0.3, 0.4) is 0 Å². The van der Waals surface area contributed by atoms with Crippen molar-refractivity contribution in [2.24, 2.45) is 0 Å². The van der Waals surface area contributed by atoms with E-state index in [-0.39, 0.29) is 6.61 Å². The van der Waals surface area contributed by atoms with Gasteiger partial charge in [0.2, 0.25) is 0 Å². The maximum Gasteiger partial charge on any atom is 0.420 e. The maximum atomic E-state index is 12.7. The number of nitrogens with zero attached hydrogens (tertiary/aromatic N) is 2. The predicted molar refractivity (Wildman–Crippen MR) is 117 cm³/mol. The number of benzene rings is 2. The summed E-state index contributed by atoms with van der Waals surface area (Å²) in [6.45, 7) is 5.53. The molecule has 7 heteroatoms. The van der Waals surface area contributed by atoms with Crippen molar-refractivity contribution < 1.29 is 19.1 Å². The van der Waals surface area contributed by atoms with Gasteiger partial charge < -0.3 is 14.8 Å². The Labute approximate surface area is 182 Å². The molecule has 0 bridgehead atoms. The SMILES string of the molecule is CC(C)(C)OC(=O)n1ccnc1[C@H](Cc1ccccc1)NC(=O)OCc1ccccc1. The zero-order valence-electron chi connectivity index (χ0n) is 17.9. The highest BCUT2D eigenvalue weighted by atomic mass is 16.6. The molecular formula is C24H27N3O4. The lowest BCUT2D eigenvalue weighted by atomic mass is 10.1. The molecule has 0 fully saturated rings. The largest absolute Gasteiger partial charge is 0.445 e. The van der Waals surface area contributed by atoms with E-state index in [9.17, 15) is 9.59 Å². The molecule has 7 nitrogen and oxygen atoms in total. The first kappa shape index (κ1) is 22.1. The lowest BCUT2D eigenvalue weighted by molar-refractivity contribution is 0.0527. The van der Waals surface area contributed by atoms with Gasteiger partial charge in [0.05, 0.1) is 6.04 Å². The molecule has 0 spiro atoms. The summed E-state index contributed by atoms with van der Waals surface area (Å²) in [5.41, 5.74) is 1.21. The first-order valence-electron chi connectivity index (χ1n) is 10.1. The minimum absolute atomic E-state index is 0.144. The first-order chi connectivity index (χ1) is 14.8. The van der Waals surface area contributed by atoms with Crippen LogP contribution in [0.2, 0.25) is 0 Å². The Morgan fingerprint density at radius 3 is 2.23 bits per heavy atom. The van der Waals surface area contributed by atoms with Crippen molar-refractivity contribution in [1.82, 2.24) is 14.9 Å². The number of alkyl carbamates (subject to hydrolysis) is 1. The minimum atomic E-state index is -0.657. The average molecular weight is 421 g/mol. The zero-order valence-corrected chi connectivity index (χ0v) is 17.9. The standard InChI is InChI=1S/C24H27N3O4/c1-24(2,3)31-23(29)27-15-14-25-21(27)20(16-18-10-6-4-7-11-18)26-22(28)30-17-19-12-8-5-9-13-19/h4-15,20H,16-17H2,1-3H3,(H,26,28)/t20-/m0/s1. The summed E-state index contributed by atoms with van der Waals surface area (Å²) < 4.78 is 12.2. The van der Waals surface area contributed by atoms with E-state index in [2.05, 4.69) is 10.3 Å². The zero-order chi connectivity index (χ0) is 22.3. The number of nitrogens with one attached hydrogen (secondary N) is 1. The third kappa shape index (κ3) is 6.70. The Kier molecular flexibility index (Phi) is 7.07. The number of amides is 1. The van der Waals surface area contributed by atoms with Crippen LogP contribution in [-0.2, 0) is 22.5 Å². The summed E-state index contributed by atoms with van der Waals surface area (Å²) in [6.07, 6.45) is 2.31. The van der Waals surface area contributed by atoms with Crippen LogP contribution in [0.5, 0.6) is 0 Å². The van der Waals surface area contributed by atoms with Gasteiger partial charge in [0, 0.05) is 18.8 Å². The summed E-state index contributed by atoms with van der Waals surface area (Å²) in [4.78, 5) is 29.5. The van der Waals surface area contributed by atoms with E-state index >= 15 is 0 Å². The van der Waals surface area contributed by atoms with Crippen molar-refractivity contribution in [3.63, 3.8) is 0 Å². The van der Waals surface area contributed by atoms with Gasteiger partial charge in [-0.15, -0.1) is 0 Å². The van der Waals surface area contributed by atoms with Gasteiger partial charge >= 0.3 is 12.2 Å². The second-order valence-electron chi connectivity index (χ2n) is 8.08. The van der Waals surface area contributed by atoms with Crippen molar-refractivity contribution >= 4 is 12.2 Å². The highest BCUT2D eigenvalue weighted by Crippen LogP contribution is 2.19. The maximum absolute atomic E-state index is 12.7. The topological polar surface area (TPSA) is 82.5 Å². The van der Waals surface area contributed by atoms with Crippen LogP contribution < -0.4 is 5.32 Å². The molecule has 2 aromatic carbocycles. The number of aromatic nitrogens is 2. The number of hydrogen-bond donors (Lipinski definition) is 1. The number of imidazole rings is 1. The van der Waals surface area contributed by atoms with E-state index in [1.54, 1.807) is 20.8 Å². The van der Waals surface area contributed by atoms with E-state index < -0.39 is 23.8 Å². The van der Waals surface area contributed by atoms with Crippen molar-refractivity contribution in [2.45, 2.75) is 45.4 Å². The molecule has 3 aromatic rings. The van der Waals surface area contributed by atoms with E-state index in [4.69, 9.17) is 9.47 Å². The summed E-state index contributed by atoms with van der Waals surface area (Å²) in [5, 5.41) is 2.84. The number of rotatable bonds is 6. The smallest absolute Gasteiger partial charge is 0.420 e. The molecule has 0 aliphatic rings. The third-order valence-corrected chi connectivity index (χ3v) is 4.36. The van der Waals surface area contributed by atoms with Crippen LogP contribution in [0.15, 0.2) is 73.1 Å². The normalized spacial score (nSPS) is 12.1. The Morgan fingerprint density at radius 1 is 1.00 bits per heavy atom. The van der Waals surface area contributed by atoms with E-state index in [1.807, 2.05) is 60.7 Å². The van der Waals surface area contributed by atoms with E-state index in [0.29, 0.717) is 12.2 Å². The van der Waals surface area contributed by atoms with Crippen LogP contribution in [-0.4, -0.2) is 27.3 Å². The monoisotopic (exact) mass is 421 g/mol. The number of ether oxygens (including phenoxy) is 2. The fourth-order valence-electron chi connectivity index (χ4n) is 3.00. The quantitative estimate of drug-likeness (QED) is 0.614. The molecule has 3 rings (SSSR count). The average Bonchev–Trinajstić information content (AvgIpc) is 3.22. The lowest BCUT2D eigenvalue weighted by Crippen LogP contribution is -2.35. The second kappa shape index (κ2) is 9.93. The van der Waals surface area contributed by atoms with Crippen LogP contribution >= 0.6 is 0 Å². The number of hydrogen-bond acceptors (Lipinski definition) is 5. The van der Waals surface area contributed by atoms with Crippen LogP contribution in [0.1, 0.15) is 43.8 Å². The molecule has 1 atom stereocenters. The first-order valence-corrected chi connectivity index (χ1v) is 10.1. The molecule has 162 valence electrons. The molecule has 0 radical (unpaired) electrons. The van der Waals surface area contributed by atoms with Gasteiger partial charge in [0.25, 0.3) is 0 Å². The van der Waals surface area contributed by atoms with E-state index in [0.717, 1.165) is 11.1 Å². The molecule has 31 heavy (non-hydrogen) atoms. The summed E-state index contributed by atoms with van der Waals surface area (Å²) >= 11 is 0. The molecule has 0 unspecified atom stereocenters. The van der Waals surface area contributed by atoms with Gasteiger partial charge in [-0.05, 0) is 31.9 Å². The minimum Gasteiger partial charge on any atom is -0.445 e. The predicted octanol–water partition coefficient (Wildman–Crippen LogP) is 4.88. The van der Waals surface area contributed by atoms with Crippen LogP contribution in [0.25, 0.3) is 0 Å². The Hall–Kier alpha value is -3.61. The van der Waals surface area contributed by atoms with Crippen LogP contribution in [0, 0.1) is 0 Å². The fraction of sp³-hybridized carbons (Fsp3) is 0.292. The summed E-state index contributed by atoms with van der Waals surface area (Å²) in [6, 6.07) is 18.5. The third-order valence-electron chi connectivity index (χ3n) is 4.36. The second-order valence-corrected chi connectivity index (χ2v) is 8.08.